The molecule has 0 radical (unpaired) electrons. The predicted octanol–water partition coefficient (Wildman–Crippen LogP) is 4.53. The van der Waals surface area contributed by atoms with Crippen LogP contribution < -0.4 is 0 Å². The number of rotatable bonds is 12. The van der Waals surface area contributed by atoms with Gasteiger partial charge in [-0.1, -0.05) is 58.4 Å². The van der Waals surface area contributed by atoms with Crippen molar-refractivity contribution < 1.29 is 19.1 Å². The zero-order valence-corrected chi connectivity index (χ0v) is 13.8. The third-order valence-electron chi connectivity index (χ3n) is 3.15. The Kier molecular flexibility index (Phi) is 11.6. The van der Waals surface area contributed by atoms with E-state index in [1.807, 2.05) is 0 Å². The van der Waals surface area contributed by atoms with Gasteiger partial charge in [-0.15, -0.1) is 0 Å². The van der Waals surface area contributed by atoms with E-state index in [1.54, 1.807) is 6.92 Å². The standard InChI is InChI=1S/C17H30O4/c1-5-6-7-8-9-10-11-12-13-16(18)20-15(4)21-17(19)14(2)3/h15H,2,5-13H2,1,3-4H3. The molecule has 4 heteroatoms. The molecule has 0 saturated heterocycles. The molecule has 0 aliphatic heterocycles. The molecule has 0 aromatic carbocycles. The van der Waals surface area contributed by atoms with Crippen LogP contribution in [-0.4, -0.2) is 18.2 Å². The molecule has 1 unspecified atom stereocenters. The summed E-state index contributed by atoms with van der Waals surface area (Å²) in [5.41, 5.74) is 0.293. The number of ether oxygens (including phenoxy) is 2. The van der Waals surface area contributed by atoms with Crippen molar-refractivity contribution in [1.29, 1.82) is 0 Å². The van der Waals surface area contributed by atoms with Crippen LogP contribution in [0.15, 0.2) is 12.2 Å². The van der Waals surface area contributed by atoms with E-state index in [2.05, 4.69) is 13.5 Å². The van der Waals surface area contributed by atoms with E-state index in [-0.39, 0.29) is 5.97 Å². The second kappa shape index (κ2) is 12.4. The number of carbonyl (C=O) groups excluding carboxylic acids is 2. The molecule has 0 spiro atoms. The quantitative estimate of drug-likeness (QED) is 0.230. The summed E-state index contributed by atoms with van der Waals surface area (Å²) in [7, 11) is 0. The summed E-state index contributed by atoms with van der Waals surface area (Å²) in [6, 6.07) is 0. The monoisotopic (exact) mass is 298 g/mol. The molecule has 122 valence electrons. The zero-order chi connectivity index (χ0) is 16.1. The number of esters is 2. The van der Waals surface area contributed by atoms with E-state index < -0.39 is 12.3 Å². The molecule has 1 atom stereocenters. The van der Waals surface area contributed by atoms with Crippen molar-refractivity contribution in [2.24, 2.45) is 0 Å². The van der Waals surface area contributed by atoms with Gasteiger partial charge in [-0.25, -0.2) is 4.79 Å². The fraction of sp³-hybridized carbons (Fsp3) is 0.765. The lowest BCUT2D eigenvalue weighted by Gasteiger charge is -2.13. The molecule has 0 heterocycles. The molecular weight excluding hydrogens is 268 g/mol. The molecule has 0 fully saturated rings. The van der Waals surface area contributed by atoms with Gasteiger partial charge in [0.25, 0.3) is 0 Å². The molecule has 0 aromatic heterocycles. The van der Waals surface area contributed by atoms with Crippen molar-refractivity contribution in [2.45, 2.75) is 84.8 Å². The van der Waals surface area contributed by atoms with Crippen LogP contribution in [0.4, 0.5) is 0 Å². The Morgan fingerprint density at radius 1 is 0.952 bits per heavy atom. The van der Waals surface area contributed by atoms with Crippen molar-refractivity contribution in [3.8, 4) is 0 Å². The first-order chi connectivity index (χ1) is 9.97. The largest absolute Gasteiger partial charge is 0.425 e. The van der Waals surface area contributed by atoms with Crippen molar-refractivity contribution in [3.05, 3.63) is 12.2 Å². The van der Waals surface area contributed by atoms with Crippen LogP contribution in [0.2, 0.25) is 0 Å². The smallest absolute Gasteiger partial charge is 0.336 e. The van der Waals surface area contributed by atoms with Gasteiger partial charge in [0, 0.05) is 18.9 Å². The highest BCUT2D eigenvalue weighted by Gasteiger charge is 2.14. The number of hydrogen-bond donors (Lipinski definition) is 0. The summed E-state index contributed by atoms with van der Waals surface area (Å²) in [5.74, 6) is -0.856. The van der Waals surface area contributed by atoms with Gasteiger partial charge in [0.1, 0.15) is 0 Å². The van der Waals surface area contributed by atoms with E-state index in [4.69, 9.17) is 9.47 Å². The van der Waals surface area contributed by atoms with Crippen molar-refractivity contribution in [2.75, 3.05) is 0 Å². The maximum Gasteiger partial charge on any atom is 0.336 e. The first kappa shape index (κ1) is 19.7. The molecule has 0 aliphatic carbocycles. The fourth-order valence-electron chi connectivity index (χ4n) is 1.92. The van der Waals surface area contributed by atoms with Gasteiger partial charge >= 0.3 is 11.9 Å². The topological polar surface area (TPSA) is 52.6 Å². The summed E-state index contributed by atoms with van der Waals surface area (Å²) in [6.45, 7) is 8.76. The SMILES string of the molecule is C=C(C)C(=O)OC(C)OC(=O)CCCCCCCCCC. The minimum absolute atomic E-state index is 0.293. The molecule has 0 N–H and O–H groups in total. The minimum atomic E-state index is -0.851. The maximum absolute atomic E-state index is 11.5. The Morgan fingerprint density at radius 2 is 1.48 bits per heavy atom. The van der Waals surface area contributed by atoms with Gasteiger partial charge in [-0.3, -0.25) is 4.79 Å². The second-order valence-corrected chi connectivity index (χ2v) is 5.47. The molecule has 4 nitrogen and oxygen atoms in total. The van der Waals surface area contributed by atoms with E-state index in [0.717, 1.165) is 19.3 Å². The lowest BCUT2D eigenvalue weighted by atomic mass is 10.1. The number of hydrogen-bond acceptors (Lipinski definition) is 4. The Balaban J connectivity index is 3.53. The Morgan fingerprint density at radius 3 is 2.00 bits per heavy atom. The van der Waals surface area contributed by atoms with E-state index in [1.165, 1.54) is 39.0 Å². The average Bonchev–Trinajstić information content (AvgIpc) is 2.41. The van der Waals surface area contributed by atoms with E-state index in [0.29, 0.717) is 12.0 Å². The highest BCUT2D eigenvalue weighted by molar-refractivity contribution is 5.87. The van der Waals surface area contributed by atoms with Gasteiger partial charge in [0.15, 0.2) is 0 Å². The Labute approximate surface area is 128 Å². The van der Waals surface area contributed by atoms with Crippen LogP contribution in [0.5, 0.6) is 0 Å². The number of unbranched alkanes of at least 4 members (excludes halogenated alkanes) is 7. The normalized spacial score (nSPS) is 11.8. The van der Waals surface area contributed by atoms with Gasteiger partial charge in [0.2, 0.25) is 6.29 Å². The van der Waals surface area contributed by atoms with Gasteiger partial charge < -0.3 is 9.47 Å². The molecule has 0 amide bonds. The van der Waals surface area contributed by atoms with Crippen LogP contribution >= 0.6 is 0 Å². The van der Waals surface area contributed by atoms with E-state index in [9.17, 15) is 9.59 Å². The Hall–Kier alpha value is -1.32. The highest BCUT2D eigenvalue weighted by atomic mass is 16.7. The van der Waals surface area contributed by atoms with Gasteiger partial charge in [-0.05, 0) is 13.3 Å². The van der Waals surface area contributed by atoms with Crippen molar-refractivity contribution in [3.63, 3.8) is 0 Å². The second-order valence-electron chi connectivity index (χ2n) is 5.47. The van der Waals surface area contributed by atoms with Crippen LogP contribution in [0.3, 0.4) is 0 Å². The minimum Gasteiger partial charge on any atom is -0.425 e. The van der Waals surface area contributed by atoms with Crippen molar-refractivity contribution in [1.82, 2.24) is 0 Å². The summed E-state index contributed by atoms with van der Waals surface area (Å²) in [6.07, 6.45) is 8.97. The van der Waals surface area contributed by atoms with Crippen LogP contribution in [0.25, 0.3) is 0 Å². The predicted molar refractivity (Wildman–Crippen MR) is 83.7 cm³/mol. The number of carbonyl (C=O) groups is 2. The van der Waals surface area contributed by atoms with Crippen LogP contribution in [-0.2, 0) is 19.1 Å². The first-order valence-corrected chi connectivity index (χ1v) is 8.03. The average molecular weight is 298 g/mol. The molecule has 21 heavy (non-hydrogen) atoms. The van der Waals surface area contributed by atoms with Crippen LogP contribution in [0, 0.1) is 0 Å². The summed E-state index contributed by atoms with van der Waals surface area (Å²) >= 11 is 0. The molecule has 0 bridgehead atoms. The van der Waals surface area contributed by atoms with Crippen molar-refractivity contribution >= 4 is 11.9 Å². The summed E-state index contributed by atoms with van der Waals surface area (Å²) in [4.78, 5) is 22.8. The first-order valence-electron chi connectivity index (χ1n) is 8.03. The maximum atomic E-state index is 11.5. The highest BCUT2D eigenvalue weighted by Crippen LogP contribution is 2.10. The molecule has 0 aromatic rings. The molecule has 0 rings (SSSR count). The third kappa shape index (κ3) is 12.2. The molecular formula is C17H30O4. The lowest BCUT2D eigenvalue weighted by Crippen LogP contribution is -2.21. The molecule has 0 saturated carbocycles. The van der Waals surface area contributed by atoms with Gasteiger partial charge in [-0.2, -0.15) is 0 Å². The van der Waals surface area contributed by atoms with E-state index >= 15 is 0 Å². The fourth-order valence-corrected chi connectivity index (χ4v) is 1.92. The summed E-state index contributed by atoms with van der Waals surface area (Å²) < 4.78 is 9.89. The summed E-state index contributed by atoms with van der Waals surface area (Å²) in [5, 5.41) is 0. The zero-order valence-electron chi connectivity index (χ0n) is 13.8. The van der Waals surface area contributed by atoms with Gasteiger partial charge in [0.05, 0.1) is 0 Å². The lowest BCUT2D eigenvalue weighted by molar-refractivity contribution is -0.181. The van der Waals surface area contributed by atoms with Crippen LogP contribution in [0.1, 0.15) is 78.6 Å². The Bertz CT molecular complexity index is 323. The molecule has 0 aliphatic rings. The third-order valence-corrected chi connectivity index (χ3v) is 3.15.